The average Bonchev–Trinajstić information content (AvgIpc) is 2.39. The number of nitrogens with one attached hydrogen (secondary N) is 1. The molecule has 0 amide bonds. The molecule has 98 valence electrons. The Kier molecular flexibility index (Phi) is 5.01. The van der Waals surface area contributed by atoms with Crippen molar-refractivity contribution >= 4 is 17.7 Å². The van der Waals surface area contributed by atoms with Crippen molar-refractivity contribution in [2.75, 3.05) is 5.73 Å². The Bertz CT molecular complexity index is 576. The molecule has 1 rings (SSSR count). The highest BCUT2D eigenvalue weighted by Gasteiger charge is 2.09. The lowest BCUT2D eigenvalue weighted by Crippen LogP contribution is -2.06. The lowest BCUT2D eigenvalue weighted by molar-refractivity contribution is 0.112. The van der Waals surface area contributed by atoms with Crippen LogP contribution >= 0.6 is 0 Å². The van der Waals surface area contributed by atoms with E-state index in [9.17, 15) is 4.79 Å². The molecule has 0 fully saturated rings. The van der Waals surface area contributed by atoms with E-state index in [1.54, 1.807) is 24.3 Å². The fraction of sp³-hybridized carbons (Fsp3) is 0.125. The largest absolute Gasteiger partial charge is 0.398 e. The molecule has 3 N–H and O–H groups in total. The number of allylic oxidation sites excluding steroid dienone is 5. The fourth-order valence-electron chi connectivity index (χ4n) is 1.53. The number of anilines is 1. The third-order valence-corrected chi connectivity index (χ3v) is 2.59. The first-order valence-corrected chi connectivity index (χ1v) is 5.91. The monoisotopic (exact) mass is 254 g/mol. The predicted octanol–water partition coefficient (Wildman–Crippen LogP) is 3.53. The maximum Gasteiger partial charge on any atom is 0.150 e. The van der Waals surface area contributed by atoms with Crippen molar-refractivity contribution in [2.24, 2.45) is 0 Å². The molecule has 0 aliphatic heterocycles. The average molecular weight is 254 g/mol. The van der Waals surface area contributed by atoms with Gasteiger partial charge in [-0.3, -0.25) is 10.2 Å². The second-order valence-corrected chi connectivity index (χ2v) is 4.41. The summed E-state index contributed by atoms with van der Waals surface area (Å²) in [6.07, 6.45) is 6.07. The summed E-state index contributed by atoms with van der Waals surface area (Å²) >= 11 is 0. The zero-order chi connectivity index (χ0) is 14.4. The van der Waals surface area contributed by atoms with E-state index in [0.717, 1.165) is 11.9 Å². The van der Waals surface area contributed by atoms with Crippen LogP contribution in [-0.4, -0.2) is 12.0 Å². The van der Waals surface area contributed by atoms with Gasteiger partial charge in [0.05, 0.1) is 5.71 Å². The van der Waals surface area contributed by atoms with Crippen LogP contribution in [0.15, 0.2) is 54.2 Å². The summed E-state index contributed by atoms with van der Waals surface area (Å²) in [6, 6.07) is 4.88. The molecule has 19 heavy (non-hydrogen) atoms. The SMILES string of the molecule is C=C/C(=C\C=C(C)C)C(=N)c1cc(C=O)ccc1N. The summed E-state index contributed by atoms with van der Waals surface area (Å²) in [5.74, 6) is 0. The number of carbonyl (C=O) groups is 1. The summed E-state index contributed by atoms with van der Waals surface area (Å²) in [7, 11) is 0. The zero-order valence-electron chi connectivity index (χ0n) is 11.2. The molecular formula is C16H18N2O. The van der Waals surface area contributed by atoms with Gasteiger partial charge in [0.2, 0.25) is 0 Å². The Hall–Kier alpha value is -2.42. The van der Waals surface area contributed by atoms with Gasteiger partial charge >= 0.3 is 0 Å². The minimum Gasteiger partial charge on any atom is -0.398 e. The number of hydrogen-bond acceptors (Lipinski definition) is 3. The van der Waals surface area contributed by atoms with Crippen molar-refractivity contribution in [3.8, 4) is 0 Å². The van der Waals surface area contributed by atoms with Crippen molar-refractivity contribution in [3.05, 3.63) is 65.3 Å². The normalized spacial score (nSPS) is 10.7. The van der Waals surface area contributed by atoms with Crippen LogP contribution in [0, 0.1) is 5.41 Å². The maximum absolute atomic E-state index is 10.8. The van der Waals surface area contributed by atoms with Gasteiger partial charge in [-0.2, -0.15) is 0 Å². The van der Waals surface area contributed by atoms with E-state index >= 15 is 0 Å². The summed E-state index contributed by atoms with van der Waals surface area (Å²) < 4.78 is 0. The number of rotatable bonds is 5. The minimum atomic E-state index is 0.258. The standard InChI is InChI=1S/C16H18N2O/c1-4-13(7-5-11(2)3)16(18)14-9-12(10-19)6-8-15(14)17/h4-10,18H,1,17H2,2-3H3/b13-7+,18-16?. The van der Waals surface area contributed by atoms with Crippen LogP contribution in [0.2, 0.25) is 0 Å². The van der Waals surface area contributed by atoms with Crippen molar-refractivity contribution in [2.45, 2.75) is 13.8 Å². The quantitative estimate of drug-likeness (QED) is 0.365. The summed E-state index contributed by atoms with van der Waals surface area (Å²) in [6.45, 7) is 7.66. The lowest BCUT2D eigenvalue weighted by Gasteiger charge is -2.09. The molecule has 0 unspecified atom stereocenters. The smallest absolute Gasteiger partial charge is 0.150 e. The Labute approximate surface area is 113 Å². The summed E-state index contributed by atoms with van der Waals surface area (Å²) in [5, 5.41) is 8.18. The molecule has 0 spiro atoms. The number of benzene rings is 1. The lowest BCUT2D eigenvalue weighted by atomic mass is 9.98. The van der Waals surface area contributed by atoms with Crippen LogP contribution in [0.5, 0.6) is 0 Å². The van der Waals surface area contributed by atoms with Crippen molar-refractivity contribution in [3.63, 3.8) is 0 Å². The summed E-state index contributed by atoms with van der Waals surface area (Å²) in [5.41, 5.74) is 9.42. The Morgan fingerprint density at radius 3 is 2.53 bits per heavy atom. The summed E-state index contributed by atoms with van der Waals surface area (Å²) in [4.78, 5) is 10.8. The Balaban J connectivity index is 3.25. The van der Waals surface area contributed by atoms with Crippen LogP contribution in [-0.2, 0) is 0 Å². The van der Waals surface area contributed by atoms with E-state index in [-0.39, 0.29) is 5.71 Å². The number of hydrogen-bond donors (Lipinski definition) is 2. The molecule has 0 aliphatic rings. The van der Waals surface area contributed by atoms with Crippen LogP contribution in [0.4, 0.5) is 5.69 Å². The molecule has 0 heterocycles. The van der Waals surface area contributed by atoms with E-state index in [0.29, 0.717) is 22.4 Å². The molecule has 3 nitrogen and oxygen atoms in total. The molecule has 0 atom stereocenters. The second kappa shape index (κ2) is 6.50. The molecule has 0 bridgehead atoms. The molecular weight excluding hydrogens is 236 g/mol. The number of carbonyl (C=O) groups excluding carboxylic acids is 1. The van der Waals surface area contributed by atoms with Crippen LogP contribution in [0.25, 0.3) is 0 Å². The van der Waals surface area contributed by atoms with Crippen LogP contribution < -0.4 is 5.73 Å². The van der Waals surface area contributed by atoms with Gasteiger partial charge in [-0.1, -0.05) is 30.4 Å². The number of nitrogens with two attached hydrogens (primary N) is 1. The number of nitrogen functional groups attached to an aromatic ring is 1. The molecule has 0 aliphatic carbocycles. The Morgan fingerprint density at radius 1 is 1.32 bits per heavy atom. The van der Waals surface area contributed by atoms with Crippen LogP contribution in [0.1, 0.15) is 29.8 Å². The van der Waals surface area contributed by atoms with Crippen LogP contribution in [0.3, 0.4) is 0 Å². The predicted molar refractivity (Wildman–Crippen MR) is 80.8 cm³/mol. The third kappa shape index (κ3) is 3.78. The molecule has 0 saturated heterocycles. The molecule has 1 aromatic rings. The molecule has 0 saturated carbocycles. The van der Waals surface area contributed by atoms with E-state index in [1.165, 1.54) is 0 Å². The van der Waals surface area contributed by atoms with Gasteiger partial charge in [0, 0.05) is 16.8 Å². The first-order valence-electron chi connectivity index (χ1n) is 5.91. The fourth-order valence-corrected chi connectivity index (χ4v) is 1.53. The van der Waals surface area contributed by atoms with Crippen molar-refractivity contribution in [1.29, 1.82) is 5.41 Å². The molecule has 0 aromatic heterocycles. The highest BCUT2D eigenvalue weighted by atomic mass is 16.1. The van der Waals surface area contributed by atoms with Gasteiger partial charge in [0.25, 0.3) is 0 Å². The van der Waals surface area contributed by atoms with Gasteiger partial charge in [-0.15, -0.1) is 0 Å². The highest BCUT2D eigenvalue weighted by molar-refractivity contribution is 6.15. The van der Waals surface area contributed by atoms with Gasteiger partial charge in [-0.25, -0.2) is 0 Å². The molecule has 3 heteroatoms. The first-order chi connectivity index (χ1) is 8.99. The first kappa shape index (κ1) is 14.6. The van der Waals surface area contributed by atoms with E-state index in [4.69, 9.17) is 11.1 Å². The van der Waals surface area contributed by atoms with E-state index < -0.39 is 0 Å². The third-order valence-electron chi connectivity index (χ3n) is 2.59. The molecule has 0 radical (unpaired) electrons. The zero-order valence-corrected chi connectivity index (χ0v) is 11.2. The van der Waals surface area contributed by atoms with Gasteiger partial charge in [0.15, 0.2) is 0 Å². The second-order valence-electron chi connectivity index (χ2n) is 4.41. The van der Waals surface area contributed by atoms with Gasteiger partial charge in [0.1, 0.15) is 6.29 Å². The minimum absolute atomic E-state index is 0.258. The number of aldehydes is 1. The topological polar surface area (TPSA) is 66.9 Å². The van der Waals surface area contributed by atoms with E-state index in [1.807, 2.05) is 26.0 Å². The van der Waals surface area contributed by atoms with Crippen molar-refractivity contribution in [1.82, 2.24) is 0 Å². The maximum atomic E-state index is 10.8. The van der Waals surface area contributed by atoms with Crippen molar-refractivity contribution < 1.29 is 4.79 Å². The highest BCUT2D eigenvalue weighted by Crippen LogP contribution is 2.18. The van der Waals surface area contributed by atoms with E-state index in [2.05, 4.69) is 6.58 Å². The Morgan fingerprint density at radius 2 is 2.00 bits per heavy atom. The molecule has 1 aromatic carbocycles. The van der Waals surface area contributed by atoms with Gasteiger partial charge < -0.3 is 5.73 Å². The van der Waals surface area contributed by atoms with Gasteiger partial charge in [-0.05, 0) is 37.6 Å².